The molecule has 0 amide bonds. The number of rotatable bonds is 5. The average Bonchev–Trinajstić information content (AvgIpc) is 3.29. The molecule has 1 heterocycles. The van der Waals surface area contributed by atoms with Gasteiger partial charge < -0.3 is 5.32 Å². The summed E-state index contributed by atoms with van der Waals surface area (Å²) in [6, 6.07) is 12.7. The average molecular weight is 281 g/mol. The molecule has 0 atom stereocenters. The van der Waals surface area contributed by atoms with Gasteiger partial charge in [0.05, 0.1) is 5.41 Å². The lowest BCUT2D eigenvalue weighted by Gasteiger charge is -2.17. The van der Waals surface area contributed by atoms with Crippen LogP contribution >= 0.6 is 0 Å². The smallest absolute Gasteiger partial charge is 0.141 e. The van der Waals surface area contributed by atoms with Crippen molar-refractivity contribution < 1.29 is 0 Å². The van der Waals surface area contributed by atoms with Gasteiger partial charge in [-0.1, -0.05) is 44.2 Å². The normalized spacial score (nSPS) is 16.0. The highest BCUT2D eigenvalue weighted by molar-refractivity contribution is 5.43. The summed E-state index contributed by atoms with van der Waals surface area (Å²) in [5.74, 6) is 2.51. The maximum atomic E-state index is 4.88. The van der Waals surface area contributed by atoms with E-state index in [4.69, 9.17) is 9.97 Å². The van der Waals surface area contributed by atoms with Gasteiger partial charge in [-0.25, -0.2) is 9.97 Å². The largest absolute Gasteiger partial charge is 0.373 e. The van der Waals surface area contributed by atoms with Crippen LogP contribution in [-0.4, -0.2) is 17.0 Å². The van der Waals surface area contributed by atoms with E-state index in [0.717, 1.165) is 36.6 Å². The van der Waals surface area contributed by atoms with Gasteiger partial charge >= 0.3 is 0 Å². The Morgan fingerprint density at radius 1 is 1.14 bits per heavy atom. The molecule has 2 aromatic rings. The van der Waals surface area contributed by atoms with Crippen molar-refractivity contribution in [1.29, 1.82) is 0 Å². The Labute approximate surface area is 126 Å². The summed E-state index contributed by atoms with van der Waals surface area (Å²) in [4.78, 5) is 9.63. The number of aromatic nitrogens is 2. The quantitative estimate of drug-likeness (QED) is 0.906. The molecular formula is C18H23N3. The van der Waals surface area contributed by atoms with Crippen molar-refractivity contribution in [2.75, 3.05) is 12.4 Å². The molecule has 0 spiro atoms. The second-order valence-corrected chi connectivity index (χ2v) is 6.36. The van der Waals surface area contributed by atoms with Gasteiger partial charge in [0.1, 0.15) is 11.6 Å². The predicted octanol–water partition coefficient (Wildman–Crippen LogP) is 3.80. The van der Waals surface area contributed by atoms with Gasteiger partial charge in [-0.05, 0) is 30.7 Å². The summed E-state index contributed by atoms with van der Waals surface area (Å²) >= 11 is 0. The molecule has 3 heteroatoms. The van der Waals surface area contributed by atoms with Crippen LogP contribution < -0.4 is 5.32 Å². The molecule has 1 aromatic heterocycles. The fourth-order valence-corrected chi connectivity index (χ4v) is 2.89. The van der Waals surface area contributed by atoms with Crippen molar-refractivity contribution in [2.24, 2.45) is 5.92 Å². The number of nitrogens with zero attached hydrogens (tertiary/aromatic N) is 2. The van der Waals surface area contributed by atoms with E-state index in [2.05, 4.69) is 55.6 Å². The Morgan fingerprint density at radius 2 is 1.86 bits per heavy atom. The van der Waals surface area contributed by atoms with Crippen molar-refractivity contribution in [3.8, 4) is 0 Å². The van der Waals surface area contributed by atoms with E-state index in [1.54, 1.807) is 0 Å². The highest BCUT2D eigenvalue weighted by atomic mass is 15.0. The lowest BCUT2D eigenvalue weighted by molar-refractivity contribution is 0.624. The molecule has 110 valence electrons. The summed E-state index contributed by atoms with van der Waals surface area (Å²) in [5.41, 5.74) is 2.52. The van der Waals surface area contributed by atoms with E-state index in [1.165, 1.54) is 5.56 Å². The maximum absolute atomic E-state index is 4.88. The van der Waals surface area contributed by atoms with Crippen LogP contribution in [0, 0.1) is 5.92 Å². The minimum absolute atomic E-state index is 0.0415. The number of benzene rings is 1. The molecule has 3 rings (SSSR count). The SMILES string of the molecule is CNc1cc(CC(C)C)nc(C2(c3ccccc3)CC2)n1. The number of anilines is 1. The van der Waals surface area contributed by atoms with Crippen LogP contribution in [0.4, 0.5) is 5.82 Å². The first-order valence-electron chi connectivity index (χ1n) is 7.76. The van der Waals surface area contributed by atoms with Crippen molar-refractivity contribution in [3.05, 3.63) is 53.5 Å². The fraction of sp³-hybridized carbons (Fsp3) is 0.444. The molecule has 0 unspecified atom stereocenters. The van der Waals surface area contributed by atoms with E-state index in [0.29, 0.717) is 5.92 Å². The lowest BCUT2D eigenvalue weighted by atomic mass is 9.94. The van der Waals surface area contributed by atoms with Crippen LogP contribution in [0.3, 0.4) is 0 Å². The predicted molar refractivity (Wildman–Crippen MR) is 86.6 cm³/mol. The Morgan fingerprint density at radius 3 is 2.43 bits per heavy atom. The molecule has 21 heavy (non-hydrogen) atoms. The summed E-state index contributed by atoms with van der Waals surface area (Å²) < 4.78 is 0. The van der Waals surface area contributed by atoms with Crippen LogP contribution in [-0.2, 0) is 11.8 Å². The van der Waals surface area contributed by atoms with Gasteiger partial charge in [-0.2, -0.15) is 0 Å². The van der Waals surface area contributed by atoms with Crippen molar-refractivity contribution >= 4 is 5.82 Å². The van der Waals surface area contributed by atoms with Gasteiger partial charge in [0.15, 0.2) is 0 Å². The standard InChI is InChI=1S/C18H23N3/c1-13(2)11-15-12-16(19-3)21-17(20-15)18(9-10-18)14-7-5-4-6-8-14/h4-8,12-13H,9-11H2,1-3H3,(H,19,20,21). The molecule has 1 N–H and O–H groups in total. The first kappa shape index (κ1) is 14.1. The molecule has 1 aliphatic rings. The highest BCUT2D eigenvalue weighted by Crippen LogP contribution is 2.52. The minimum Gasteiger partial charge on any atom is -0.373 e. The molecule has 0 radical (unpaired) electrons. The monoisotopic (exact) mass is 281 g/mol. The Balaban J connectivity index is 2.02. The number of hydrogen-bond acceptors (Lipinski definition) is 3. The van der Waals surface area contributed by atoms with Gasteiger partial charge in [0, 0.05) is 18.8 Å². The van der Waals surface area contributed by atoms with Crippen LogP contribution in [0.2, 0.25) is 0 Å². The third kappa shape index (κ3) is 2.78. The molecule has 0 bridgehead atoms. The van der Waals surface area contributed by atoms with Crippen molar-refractivity contribution in [2.45, 2.75) is 38.5 Å². The number of hydrogen-bond donors (Lipinski definition) is 1. The lowest BCUT2D eigenvalue weighted by Crippen LogP contribution is -2.16. The van der Waals surface area contributed by atoms with Crippen molar-refractivity contribution in [1.82, 2.24) is 9.97 Å². The van der Waals surface area contributed by atoms with Crippen LogP contribution in [0.1, 0.15) is 43.8 Å². The zero-order chi connectivity index (χ0) is 14.9. The zero-order valence-electron chi connectivity index (χ0n) is 13.1. The van der Waals surface area contributed by atoms with E-state index < -0.39 is 0 Å². The van der Waals surface area contributed by atoms with Gasteiger partial charge in [-0.15, -0.1) is 0 Å². The van der Waals surface area contributed by atoms with E-state index in [9.17, 15) is 0 Å². The first-order valence-corrected chi connectivity index (χ1v) is 7.76. The van der Waals surface area contributed by atoms with Gasteiger partial charge in [0.25, 0.3) is 0 Å². The minimum atomic E-state index is 0.0415. The summed E-state index contributed by atoms with van der Waals surface area (Å²) in [6.07, 6.45) is 3.28. The molecule has 1 aliphatic carbocycles. The van der Waals surface area contributed by atoms with E-state index >= 15 is 0 Å². The Bertz CT molecular complexity index is 616. The van der Waals surface area contributed by atoms with Crippen LogP contribution in [0.5, 0.6) is 0 Å². The molecule has 1 aromatic carbocycles. The molecule has 1 saturated carbocycles. The van der Waals surface area contributed by atoms with Gasteiger partial charge in [-0.3, -0.25) is 0 Å². The second kappa shape index (κ2) is 5.47. The van der Waals surface area contributed by atoms with Crippen LogP contribution in [0.25, 0.3) is 0 Å². The van der Waals surface area contributed by atoms with E-state index in [-0.39, 0.29) is 5.41 Å². The highest BCUT2D eigenvalue weighted by Gasteiger charge is 2.48. The molecule has 0 aliphatic heterocycles. The summed E-state index contributed by atoms with van der Waals surface area (Å²) in [6.45, 7) is 4.45. The molecular weight excluding hydrogens is 258 g/mol. The summed E-state index contributed by atoms with van der Waals surface area (Å²) in [7, 11) is 1.92. The Hall–Kier alpha value is -1.90. The maximum Gasteiger partial charge on any atom is 0.141 e. The third-order valence-corrected chi connectivity index (χ3v) is 4.16. The second-order valence-electron chi connectivity index (χ2n) is 6.36. The topological polar surface area (TPSA) is 37.8 Å². The number of nitrogens with one attached hydrogen (secondary N) is 1. The molecule has 1 fully saturated rings. The van der Waals surface area contributed by atoms with E-state index in [1.807, 2.05) is 7.05 Å². The van der Waals surface area contributed by atoms with Gasteiger partial charge in [0.2, 0.25) is 0 Å². The fourth-order valence-electron chi connectivity index (χ4n) is 2.89. The Kier molecular flexibility index (Phi) is 3.66. The summed E-state index contributed by atoms with van der Waals surface area (Å²) in [5, 5.41) is 3.18. The third-order valence-electron chi connectivity index (χ3n) is 4.16. The molecule has 3 nitrogen and oxygen atoms in total. The van der Waals surface area contributed by atoms with Crippen molar-refractivity contribution in [3.63, 3.8) is 0 Å². The first-order chi connectivity index (χ1) is 10.1. The zero-order valence-corrected chi connectivity index (χ0v) is 13.1. The molecule has 0 saturated heterocycles. The van der Waals surface area contributed by atoms with Crippen LogP contribution in [0.15, 0.2) is 36.4 Å².